The first-order chi connectivity index (χ1) is 12.0. The van der Waals surface area contributed by atoms with Gasteiger partial charge in [-0.3, -0.25) is 9.69 Å². The van der Waals surface area contributed by atoms with Crippen LogP contribution in [0.3, 0.4) is 0 Å². The average Bonchev–Trinajstić information content (AvgIpc) is 3.06. The molecular weight excluding hydrogens is 308 g/mol. The van der Waals surface area contributed by atoms with E-state index in [1.54, 1.807) is 0 Å². The summed E-state index contributed by atoms with van der Waals surface area (Å²) in [6, 6.07) is 16.7. The van der Waals surface area contributed by atoms with E-state index >= 15 is 0 Å². The fourth-order valence-electron chi connectivity index (χ4n) is 3.60. The number of nitrogens with zero attached hydrogens (tertiary/aromatic N) is 1. The molecule has 3 nitrogen and oxygen atoms in total. The maximum absolute atomic E-state index is 12.8. The van der Waals surface area contributed by atoms with E-state index in [1.807, 2.05) is 6.07 Å². The van der Waals surface area contributed by atoms with Gasteiger partial charge in [0.05, 0.1) is 5.92 Å². The number of anilines is 1. The minimum atomic E-state index is 0.0725. The van der Waals surface area contributed by atoms with Crippen LogP contribution in [0.15, 0.2) is 48.5 Å². The fraction of sp³-hybridized carbons (Fsp3) is 0.409. The van der Waals surface area contributed by atoms with Crippen LogP contribution in [-0.2, 0) is 11.3 Å². The van der Waals surface area contributed by atoms with Crippen molar-refractivity contribution in [2.75, 3.05) is 18.4 Å². The molecule has 0 aromatic heterocycles. The Morgan fingerprint density at radius 1 is 1.16 bits per heavy atom. The van der Waals surface area contributed by atoms with E-state index < -0.39 is 0 Å². The summed E-state index contributed by atoms with van der Waals surface area (Å²) in [5.41, 5.74) is 4.67. The molecule has 1 amide bonds. The molecule has 1 aliphatic heterocycles. The molecular formula is C22H28N2O. The first-order valence-corrected chi connectivity index (χ1v) is 9.21. The van der Waals surface area contributed by atoms with Crippen LogP contribution in [0.4, 0.5) is 5.69 Å². The van der Waals surface area contributed by atoms with Gasteiger partial charge in [-0.2, -0.15) is 0 Å². The van der Waals surface area contributed by atoms with E-state index in [-0.39, 0.29) is 11.8 Å². The molecule has 0 spiro atoms. The Balaban J connectivity index is 1.63. The molecule has 0 saturated carbocycles. The van der Waals surface area contributed by atoms with Crippen LogP contribution in [0.1, 0.15) is 42.9 Å². The second kappa shape index (κ2) is 7.83. The Bertz CT molecular complexity index is 724. The second-order valence-corrected chi connectivity index (χ2v) is 7.39. The van der Waals surface area contributed by atoms with Crippen molar-refractivity contribution in [1.29, 1.82) is 0 Å². The fourth-order valence-corrected chi connectivity index (χ4v) is 3.60. The van der Waals surface area contributed by atoms with Crippen molar-refractivity contribution in [3.05, 3.63) is 65.2 Å². The van der Waals surface area contributed by atoms with Crippen LogP contribution in [0.25, 0.3) is 0 Å². The number of hydrogen-bond donors (Lipinski definition) is 1. The first kappa shape index (κ1) is 17.7. The molecule has 1 N–H and O–H groups in total. The van der Waals surface area contributed by atoms with E-state index in [9.17, 15) is 4.79 Å². The Labute approximate surface area is 151 Å². The Kier molecular flexibility index (Phi) is 5.54. The van der Waals surface area contributed by atoms with Gasteiger partial charge in [-0.15, -0.1) is 0 Å². The zero-order chi connectivity index (χ0) is 17.8. The predicted octanol–water partition coefficient (Wildman–Crippen LogP) is 4.58. The van der Waals surface area contributed by atoms with Crippen LogP contribution in [0.5, 0.6) is 0 Å². The summed E-state index contributed by atoms with van der Waals surface area (Å²) in [5, 5.41) is 3.22. The molecule has 1 atom stereocenters. The number of nitrogens with one attached hydrogen (secondary N) is 1. The third-order valence-corrected chi connectivity index (χ3v) is 5.07. The number of carbonyl (C=O) groups is 1. The molecule has 0 radical (unpaired) electrons. The van der Waals surface area contributed by atoms with Crippen molar-refractivity contribution >= 4 is 11.6 Å². The smallest absolute Gasteiger partial charge is 0.228 e. The van der Waals surface area contributed by atoms with Gasteiger partial charge in [-0.25, -0.2) is 0 Å². The lowest BCUT2D eigenvalue weighted by Gasteiger charge is -2.19. The Morgan fingerprint density at radius 2 is 1.92 bits per heavy atom. The highest BCUT2D eigenvalue weighted by Gasteiger charge is 2.29. The molecule has 1 unspecified atom stereocenters. The number of hydrogen-bond acceptors (Lipinski definition) is 2. The zero-order valence-corrected chi connectivity index (χ0v) is 15.5. The van der Waals surface area contributed by atoms with Crippen molar-refractivity contribution < 1.29 is 4.79 Å². The summed E-state index contributed by atoms with van der Waals surface area (Å²) in [6.07, 6.45) is 0.932. The number of amides is 1. The minimum absolute atomic E-state index is 0.0725. The lowest BCUT2D eigenvalue weighted by Crippen LogP contribution is -2.27. The monoisotopic (exact) mass is 336 g/mol. The number of benzene rings is 2. The third-order valence-electron chi connectivity index (χ3n) is 5.07. The van der Waals surface area contributed by atoms with Gasteiger partial charge in [-0.05, 0) is 42.5 Å². The van der Waals surface area contributed by atoms with Crippen LogP contribution >= 0.6 is 0 Å². The molecule has 3 rings (SSSR count). The molecule has 0 aliphatic carbocycles. The summed E-state index contributed by atoms with van der Waals surface area (Å²) in [7, 11) is 0. The van der Waals surface area contributed by atoms with E-state index in [0.717, 1.165) is 37.3 Å². The summed E-state index contributed by atoms with van der Waals surface area (Å²) in [6.45, 7) is 9.15. The highest BCUT2D eigenvalue weighted by Crippen LogP contribution is 2.29. The maximum atomic E-state index is 12.8. The molecule has 3 heteroatoms. The van der Waals surface area contributed by atoms with Crippen molar-refractivity contribution in [1.82, 2.24) is 4.90 Å². The molecule has 1 fully saturated rings. The number of rotatable bonds is 5. The SMILES string of the molecule is Cc1cccc(C(C)C)c1NC(=O)C1CCN(Cc2ccccc2)C1. The van der Waals surface area contributed by atoms with E-state index in [2.05, 4.69) is 73.5 Å². The topological polar surface area (TPSA) is 32.3 Å². The number of para-hydroxylation sites is 1. The van der Waals surface area contributed by atoms with Crippen molar-refractivity contribution in [3.63, 3.8) is 0 Å². The summed E-state index contributed by atoms with van der Waals surface area (Å²) in [4.78, 5) is 15.2. The molecule has 25 heavy (non-hydrogen) atoms. The van der Waals surface area contributed by atoms with Gasteiger partial charge in [0.25, 0.3) is 0 Å². The highest BCUT2D eigenvalue weighted by molar-refractivity contribution is 5.94. The van der Waals surface area contributed by atoms with Gasteiger partial charge in [0.15, 0.2) is 0 Å². The number of likely N-dealkylation sites (tertiary alicyclic amines) is 1. The first-order valence-electron chi connectivity index (χ1n) is 9.21. The van der Waals surface area contributed by atoms with Gasteiger partial charge in [0.2, 0.25) is 5.91 Å². The minimum Gasteiger partial charge on any atom is -0.325 e. The third kappa shape index (κ3) is 4.29. The average molecular weight is 336 g/mol. The summed E-state index contributed by atoms with van der Waals surface area (Å²) < 4.78 is 0. The second-order valence-electron chi connectivity index (χ2n) is 7.39. The maximum Gasteiger partial charge on any atom is 0.228 e. The van der Waals surface area contributed by atoms with E-state index in [0.29, 0.717) is 5.92 Å². The van der Waals surface area contributed by atoms with E-state index in [4.69, 9.17) is 0 Å². The quantitative estimate of drug-likeness (QED) is 0.867. The number of carbonyl (C=O) groups excluding carboxylic acids is 1. The van der Waals surface area contributed by atoms with E-state index in [1.165, 1.54) is 11.1 Å². The lowest BCUT2D eigenvalue weighted by atomic mass is 9.97. The highest BCUT2D eigenvalue weighted by atomic mass is 16.1. The van der Waals surface area contributed by atoms with Crippen LogP contribution in [0, 0.1) is 12.8 Å². The summed E-state index contributed by atoms with van der Waals surface area (Å²) >= 11 is 0. The molecule has 132 valence electrons. The molecule has 0 bridgehead atoms. The van der Waals surface area contributed by atoms with Crippen LogP contribution in [-0.4, -0.2) is 23.9 Å². The molecule has 1 aliphatic rings. The van der Waals surface area contributed by atoms with Crippen molar-refractivity contribution in [2.45, 2.75) is 39.7 Å². The van der Waals surface area contributed by atoms with Gasteiger partial charge in [0, 0.05) is 18.8 Å². The van der Waals surface area contributed by atoms with Gasteiger partial charge >= 0.3 is 0 Å². The van der Waals surface area contributed by atoms with Gasteiger partial charge in [0.1, 0.15) is 0 Å². The Hall–Kier alpha value is -2.13. The van der Waals surface area contributed by atoms with Gasteiger partial charge < -0.3 is 5.32 Å². The molecule has 2 aromatic rings. The summed E-state index contributed by atoms with van der Waals surface area (Å²) in [5.74, 6) is 0.628. The van der Waals surface area contributed by atoms with Crippen LogP contribution in [0.2, 0.25) is 0 Å². The molecule has 2 aromatic carbocycles. The van der Waals surface area contributed by atoms with Gasteiger partial charge in [-0.1, -0.05) is 62.4 Å². The molecule has 1 saturated heterocycles. The standard InChI is InChI=1S/C22H28N2O/c1-16(2)20-11-7-8-17(3)21(20)23-22(25)19-12-13-24(15-19)14-18-9-5-4-6-10-18/h4-11,16,19H,12-15H2,1-3H3,(H,23,25). The normalized spacial score (nSPS) is 17.8. The lowest BCUT2D eigenvalue weighted by molar-refractivity contribution is -0.119. The molecule has 1 heterocycles. The largest absolute Gasteiger partial charge is 0.325 e. The number of aryl methyl sites for hydroxylation is 1. The van der Waals surface area contributed by atoms with Crippen molar-refractivity contribution in [3.8, 4) is 0 Å². The van der Waals surface area contributed by atoms with Crippen LogP contribution < -0.4 is 5.32 Å². The predicted molar refractivity (Wildman–Crippen MR) is 104 cm³/mol. The van der Waals surface area contributed by atoms with Crippen molar-refractivity contribution in [2.24, 2.45) is 5.92 Å². The zero-order valence-electron chi connectivity index (χ0n) is 15.5. The Morgan fingerprint density at radius 3 is 2.64 bits per heavy atom.